The summed E-state index contributed by atoms with van der Waals surface area (Å²) in [6.07, 6.45) is -4.14. The van der Waals surface area contributed by atoms with Gasteiger partial charge in [-0.15, -0.1) is 25.6 Å². The van der Waals surface area contributed by atoms with E-state index in [1.165, 1.54) is 18.2 Å². The number of carbonyl (C=O) groups excluding carboxylic acids is 2. The summed E-state index contributed by atoms with van der Waals surface area (Å²) in [5.74, 6) is -1.06. The lowest BCUT2D eigenvalue weighted by Crippen LogP contribution is -2.50. The number of rotatable bonds is 4. The lowest BCUT2D eigenvalue weighted by atomic mass is 10.1. The van der Waals surface area contributed by atoms with Crippen LogP contribution in [0.4, 0.5) is 13.2 Å². The molecule has 0 spiro atoms. The summed E-state index contributed by atoms with van der Waals surface area (Å²) < 4.78 is 40.2. The van der Waals surface area contributed by atoms with Gasteiger partial charge in [0.25, 0.3) is 0 Å². The van der Waals surface area contributed by atoms with E-state index in [4.69, 9.17) is 0 Å². The fourth-order valence-corrected chi connectivity index (χ4v) is 1.98. The first-order valence-corrected chi connectivity index (χ1v) is 6.25. The van der Waals surface area contributed by atoms with Crippen molar-refractivity contribution in [3.63, 3.8) is 0 Å². The maximum Gasteiger partial charge on any atom is 0.573 e. The topological polar surface area (TPSA) is 67.4 Å². The molecule has 1 aromatic carbocycles. The fourth-order valence-electron chi connectivity index (χ4n) is 1.98. The van der Waals surface area contributed by atoms with Gasteiger partial charge in [0.05, 0.1) is 6.04 Å². The van der Waals surface area contributed by atoms with Crippen LogP contribution in [0.5, 0.6) is 5.75 Å². The van der Waals surface area contributed by atoms with E-state index in [0.29, 0.717) is 12.0 Å². The summed E-state index contributed by atoms with van der Waals surface area (Å²) in [5.41, 5.74) is 0.543. The number of hydrogen-bond donors (Lipinski definition) is 2. The molecule has 22 heavy (non-hydrogen) atoms. The number of alkyl halides is 3. The van der Waals surface area contributed by atoms with E-state index in [1.54, 1.807) is 6.07 Å². The number of imide groups is 1. The minimum atomic E-state index is -4.74. The van der Waals surface area contributed by atoms with Crippen molar-refractivity contribution in [1.82, 2.24) is 10.6 Å². The van der Waals surface area contributed by atoms with Crippen LogP contribution in [0.1, 0.15) is 18.4 Å². The van der Waals surface area contributed by atoms with Crippen LogP contribution in [0, 0.1) is 0 Å². The third kappa shape index (κ3) is 5.53. The molecule has 1 aromatic rings. The highest BCUT2D eigenvalue weighted by Gasteiger charge is 2.31. The highest BCUT2D eigenvalue weighted by molar-refractivity contribution is 6.00. The minimum Gasteiger partial charge on any atom is -0.406 e. The Morgan fingerprint density at radius 2 is 2.05 bits per heavy atom. The van der Waals surface area contributed by atoms with E-state index in [9.17, 15) is 22.8 Å². The Balaban J connectivity index is 0.00000242. The van der Waals surface area contributed by atoms with Gasteiger partial charge in [0.2, 0.25) is 11.8 Å². The van der Waals surface area contributed by atoms with E-state index in [0.717, 1.165) is 0 Å². The van der Waals surface area contributed by atoms with Crippen molar-refractivity contribution in [3.05, 3.63) is 29.8 Å². The van der Waals surface area contributed by atoms with Gasteiger partial charge in [-0.1, -0.05) is 12.1 Å². The van der Waals surface area contributed by atoms with Crippen LogP contribution in [-0.2, 0) is 16.1 Å². The van der Waals surface area contributed by atoms with Crippen molar-refractivity contribution in [2.24, 2.45) is 0 Å². The summed E-state index contributed by atoms with van der Waals surface area (Å²) in [5, 5.41) is 5.09. The second kappa shape index (κ2) is 7.46. The predicted molar refractivity (Wildman–Crippen MR) is 73.4 cm³/mol. The molecule has 0 bridgehead atoms. The summed E-state index contributed by atoms with van der Waals surface area (Å²) in [4.78, 5) is 22.5. The minimum absolute atomic E-state index is 0. The predicted octanol–water partition coefficient (Wildman–Crippen LogP) is 1.90. The van der Waals surface area contributed by atoms with Crippen LogP contribution >= 0.6 is 12.4 Å². The van der Waals surface area contributed by atoms with Crippen molar-refractivity contribution in [2.75, 3.05) is 0 Å². The smallest absolute Gasteiger partial charge is 0.406 e. The van der Waals surface area contributed by atoms with E-state index in [1.807, 2.05) is 0 Å². The lowest BCUT2D eigenvalue weighted by Gasteiger charge is -2.22. The number of ether oxygens (including phenoxy) is 1. The first kappa shape index (κ1) is 18.2. The molecule has 122 valence electrons. The van der Waals surface area contributed by atoms with Crippen LogP contribution in [0.25, 0.3) is 0 Å². The average molecular weight is 339 g/mol. The normalized spacial score (nSPS) is 18.4. The molecule has 9 heteroatoms. The number of benzene rings is 1. The molecule has 5 nitrogen and oxygen atoms in total. The largest absolute Gasteiger partial charge is 0.573 e. The highest BCUT2D eigenvalue weighted by atomic mass is 35.5. The third-order valence-corrected chi connectivity index (χ3v) is 2.92. The maximum absolute atomic E-state index is 12.1. The van der Waals surface area contributed by atoms with Crippen LogP contribution in [0.3, 0.4) is 0 Å². The highest BCUT2D eigenvalue weighted by Crippen LogP contribution is 2.23. The molecular weight excluding hydrogens is 325 g/mol. The lowest BCUT2D eigenvalue weighted by molar-refractivity contribution is -0.274. The zero-order chi connectivity index (χ0) is 15.5. The molecule has 0 radical (unpaired) electrons. The Kier molecular flexibility index (Phi) is 6.19. The number of halogens is 4. The average Bonchev–Trinajstić information content (AvgIpc) is 2.36. The van der Waals surface area contributed by atoms with Gasteiger partial charge in [0.15, 0.2) is 0 Å². The van der Waals surface area contributed by atoms with Crippen molar-refractivity contribution in [2.45, 2.75) is 31.8 Å². The van der Waals surface area contributed by atoms with Crippen LogP contribution in [0.15, 0.2) is 24.3 Å². The molecule has 0 aromatic heterocycles. The van der Waals surface area contributed by atoms with E-state index >= 15 is 0 Å². The summed E-state index contributed by atoms with van der Waals surface area (Å²) in [7, 11) is 0. The van der Waals surface area contributed by atoms with Crippen molar-refractivity contribution >= 4 is 24.2 Å². The van der Waals surface area contributed by atoms with Gasteiger partial charge in [0, 0.05) is 13.0 Å². The summed E-state index contributed by atoms with van der Waals surface area (Å²) in [6.45, 7) is 0.196. The quantitative estimate of drug-likeness (QED) is 0.823. The van der Waals surface area contributed by atoms with Crippen molar-refractivity contribution in [1.29, 1.82) is 0 Å². The Morgan fingerprint density at radius 1 is 1.32 bits per heavy atom. The standard InChI is InChI=1S/C13H13F3N2O3.ClH/c14-13(15,16)21-9-3-1-2-8(6-9)7-17-10-4-5-11(19)18-12(10)20;/h1-3,6,10,17H,4-5,7H2,(H,18,19,20);1H. The van der Waals surface area contributed by atoms with Gasteiger partial charge in [-0.3, -0.25) is 14.9 Å². The SMILES string of the molecule is Cl.O=C1CCC(NCc2cccc(OC(F)(F)F)c2)C(=O)N1. The number of piperidine rings is 1. The Labute approximate surface area is 130 Å². The van der Waals surface area contributed by atoms with Crippen LogP contribution < -0.4 is 15.4 Å². The van der Waals surface area contributed by atoms with Gasteiger partial charge in [-0.05, 0) is 24.1 Å². The van der Waals surface area contributed by atoms with Crippen molar-refractivity contribution in [3.8, 4) is 5.75 Å². The first-order valence-electron chi connectivity index (χ1n) is 6.25. The number of amides is 2. The molecule has 0 aliphatic carbocycles. The first-order chi connectivity index (χ1) is 9.83. The second-order valence-corrected chi connectivity index (χ2v) is 4.58. The van der Waals surface area contributed by atoms with Gasteiger partial charge in [-0.2, -0.15) is 0 Å². The molecule has 1 atom stereocenters. The zero-order valence-corrected chi connectivity index (χ0v) is 12.1. The van der Waals surface area contributed by atoms with Gasteiger partial charge in [-0.25, -0.2) is 0 Å². The second-order valence-electron chi connectivity index (χ2n) is 4.58. The number of carbonyl (C=O) groups is 2. The van der Waals surface area contributed by atoms with Gasteiger partial charge >= 0.3 is 6.36 Å². The van der Waals surface area contributed by atoms with E-state index in [-0.39, 0.29) is 37.0 Å². The molecule has 1 aliphatic rings. The Hall–Kier alpha value is -1.80. The third-order valence-electron chi connectivity index (χ3n) is 2.92. The summed E-state index contributed by atoms with van der Waals surface area (Å²) >= 11 is 0. The number of nitrogens with one attached hydrogen (secondary N) is 2. The molecule has 1 fully saturated rings. The van der Waals surface area contributed by atoms with Crippen LogP contribution in [0.2, 0.25) is 0 Å². The monoisotopic (exact) mass is 338 g/mol. The molecule has 1 saturated heterocycles. The molecule has 2 rings (SSSR count). The molecule has 1 unspecified atom stereocenters. The Morgan fingerprint density at radius 3 is 2.68 bits per heavy atom. The number of hydrogen-bond acceptors (Lipinski definition) is 4. The molecule has 0 saturated carbocycles. The Bertz CT molecular complexity index is 552. The van der Waals surface area contributed by atoms with E-state index in [2.05, 4.69) is 15.4 Å². The van der Waals surface area contributed by atoms with Gasteiger partial charge in [0.1, 0.15) is 5.75 Å². The molecule has 1 aliphatic heterocycles. The fraction of sp³-hybridized carbons (Fsp3) is 0.385. The summed E-state index contributed by atoms with van der Waals surface area (Å²) in [6, 6.07) is 4.95. The molecule has 1 heterocycles. The molecule has 2 amide bonds. The molecular formula is C13H14ClF3N2O3. The molecule has 2 N–H and O–H groups in total. The maximum atomic E-state index is 12.1. The van der Waals surface area contributed by atoms with Crippen LogP contribution in [-0.4, -0.2) is 24.2 Å². The van der Waals surface area contributed by atoms with Crippen molar-refractivity contribution < 1.29 is 27.5 Å². The van der Waals surface area contributed by atoms with E-state index < -0.39 is 18.3 Å². The van der Waals surface area contributed by atoms with Gasteiger partial charge < -0.3 is 10.1 Å². The zero-order valence-electron chi connectivity index (χ0n) is 11.3.